The Kier molecular flexibility index (Phi) is 7.08. The van der Waals surface area contributed by atoms with Crippen molar-refractivity contribution in [1.29, 1.82) is 0 Å². The fourth-order valence-corrected chi connectivity index (χ4v) is 3.33. The molecular weight excluding hydrogens is 236 g/mol. The Bertz CT molecular complexity index is 286. The maximum atomic E-state index is 4.66. The van der Waals surface area contributed by atoms with Crippen molar-refractivity contribution < 1.29 is 0 Å². The van der Waals surface area contributed by atoms with E-state index < -0.39 is 0 Å². The number of nitrogens with zero attached hydrogens (tertiary/aromatic N) is 1. The summed E-state index contributed by atoms with van der Waals surface area (Å²) in [4.78, 5) is 4.66. The average Bonchev–Trinajstić information content (AvgIpc) is 2.66. The third-order valence-electron chi connectivity index (χ3n) is 2.24. The minimum atomic E-state index is 0.531. The Hall–Kier alpha value is -0.0600. The van der Waals surface area contributed by atoms with Crippen molar-refractivity contribution in [3.63, 3.8) is 0 Å². The van der Waals surface area contributed by atoms with Crippen molar-refractivity contribution in [2.75, 3.05) is 12.3 Å². The Morgan fingerprint density at radius 1 is 1.50 bits per heavy atom. The van der Waals surface area contributed by atoms with Gasteiger partial charge in [0.15, 0.2) is 0 Å². The third kappa shape index (κ3) is 5.32. The fourth-order valence-electron chi connectivity index (χ4n) is 1.55. The first-order valence-electron chi connectivity index (χ1n) is 6.00. The van der Waals surface area contributed by atoms with Crippen LogP contribution in [0, 0.1) is 0 Å². The van der Waals surface area contributed by atoms with Gasteiger partial charge < -0.3 is 5.32 Å². The van der Waals surface area contributed by atoms with Gasteiger partial charge in [0.25, 0.3) is 0 Å². The van der Waals surface area contributed by atoms with E-state index in [0.29, 0.717) is 6.04 Å². The van der Waals surface area contributed by atoms with Crippen LogP contribution in [0.3, 0.4) is 0 Å². The van der Waals surface area contributed by atoms with Crippen LogP contribution in [0.1, 0.15) is 37.9 Å². The number of likely N-dealkylation sites (N-methyl/N-ethyl adjacent to an activating group) is 1. The summed E-state index contributed by atoms with van der Waals surface area (Å²) < 4.78 is 0. The number of thioether (sulfide) groups is 1. The molecule has 0 aromatic carbocycles. The molecule has 1 atom stereocenters. The van der Waals surface area contributed by atoms with Gasteiger partial charge in [-0.05, 0) is 25.6 Å². The molecule has 4 heteroatoms. The molecule has 0 saturated heterocycles. The number of thiazole rings is 1. The van der Waals surface area contributed by atoms with E-state index in [4.69, 9.17) is 0 Å². The zero-order valence-corrected chi connectivity index (χ0v) is 12.1. The van der Waals surface area contributed by atoms with E-state index in [-0.39, 0.29) is 0 Å². The molecule has 0 spiro atoms. The van der Waals surface area contributed by atoms with Gasteiger partial charge in [-0.2, -0.15) is 11.8 Å². The van der Waals surface area contributed by atoms with Crippen LogP contribution in [-0.2, 0) is 12.2 Å². The van der Waals surface area contributed by atoms with Crippen LogP contribution < -0.4 is 5.32 Å². The molecule has 0 bridgehead atoms. The molecule has 1 N–H and O–H groups in total. The van der Waals surface area contributed by atoms with Crippen LogP contribution in [0.2, 0.25) is 0 Å². The van der Waals surface area contributed by atoms with Gasteiger partial charge in [0.1, 0.15) is 5.01 Å². The minimum absolute atomic E-state index is 0.531. The summed E-state index contributed by atoms with van der Waals surface area (Å²) in [7, 11) is 0. The molecule has 0 fully saturated rings. The minimum Gasteiger partial charge on any atom is -0.314 e. The van der Waals surface area contributed by atoms with Crippen LogP contribution in [0.15, 0.2) is 5.38 Å². The molecular formula is C12H22N2S2. The quantitative estimate of drug-likeness (QED) is 0.724. The van der Waals surface area contributed by atoms with E-state index in [1.165, 1.54) is 22.9 Å². The predicted octanol–water partition coefficient (Wildman–Crippen LogP) is 3.33. The van der Waals surface area contributed by atoms with Gasteiger partial charge in [-0.3, -0.25) is 0 Å². The van der Waals surface area contributed by atoms with Crippen molar-refractivity contribution in [3.05, 3.63) is 16.1 Å². The summed E-state index contributed by atoms with van der Waals surface area (Å²) >= 11 is 3.78. The summed E-state index contributed by atoms with van der Waals surface area (Å²) in [6, 6.07) is 0.531. The zero-order valence-electron chi connectivity index (χ0n) is 10.5. The fraction of sp³-hybridized carbons (Fsp3) is 0.750. The molecule has 0 amide bonds. The van der Waals surface area contributed by atoms with E-state index in [0.717, 1.165) is 18.7 Å². The lowest BCUT2D eigenvalue weighted by atomic mass is 10.2. The molecule has 1 unspecified atom stereocenters. The molecule has 1 aromatic heterocycles. The van der Waals surface area contributed by atoms with E-state index in [9.17, 15) is 0 Å². The SMILES string of the molecule is CCCSCc1nc(CC(C)NCC)cs1. The second-order valence-corrected chi connectivity index (χ2v) is 6.00. The molecule has 92 valence electrons. The average molecular weight is 258 g/mol. The highest BCUT2D eigenvalue weighted by Gasteiger charge is 2.06. The third-order valence-corrected chi connectivity index (χ3v) is 4.50. The van der Waals surface area contributed by atoms with E-state index in [1.54, 1.807) is 11.3 Å². The highest BCUT2D eigenvalue weighted by Crippen LogP contribution is 2.18. The van der Waals surface area contributed by atoms with Crippen molar-refractivity contribution in [1.82, 2.24) is 10.3 Å². The molecule has 0 aliphatic carbocycles. The Labute approximate surface area is 107 Å². The number of hydrogen-bond donors (Lipinski definition) is 1. The van der Waals surface area contributed by atoms with Gasteiger partial charge in [-0.15, -0.1) is 11.3 Å². The Balaban J connectivity index is 2.33. The van der Waals surface area contributed by atoms with Gasteiger partial charge in [0, 0.05) is 23.6 Å². The number of nitrogens with one attached hydrogen (secondary N) is 1. The second-order valence-electron chi connectivity index (χ2n) is 3.95. The van der Waals surface area contributed by atoms with Crippen LogP contribution in [0.5, 0.6) is 0 Å². The van der Waals surface area contributed by atoms with Crippen LogP contribution in [0.4, 0.5) is 0 Å². The lowest BCUT2D eigenvalue weighted by Crippen LogP contribution is -2.27. The second kappa shape index (κ2) is 8.09. The van der Waals surface area contributed by atoms with Gasteiger partial charge in [0.05, 0.1) is 5.69 Å². The normalized spacial score (nSPS) is 12.9. The van der Waals surface area contributed by atoms with Gasteiger partial charge in [0.2, 0.25) is 0 Å². The monoisotopic (exact) mass is 258 g/mol. The highest BCUT2D eigenvalue weighted by molar-refractivity contribution is 7.98. The molecule has 1 aromatic rings. The smallest absolute Gasteiger partial charge is 0.103 e. The first kappa shape index (κ1) is 14.0. The first-order valence-corrected chi connectivity index (χ1v) is 8.04. The lowest BCUT2D eigenvalue weighted by Gasteiger charge is -2.09. The van der Waals surface area contributed by atoms with Gasteiger partial charge >= 0.3 is 0 Å². The molecule has 1 rings (SSSR count). The van der Waals surface area contributed by atoms with E-state index >= 15 is 0 Å². The van der Waals surface area contributed by atoms with Crippen molar-refractivity contribution in [2.45, 2.75) is 45.4 Å². The summed E-state index contributed by atoms with van der Waals surface area (Å²) in [5.74, 6) is 2.32. The largest absolute Gasteiger partial charge is 0.314 e. The predicted molar refractivity (Wildman–Crippen MR) is 75.4 cm³/mol. The molecule has 1 heterocycles. The topological polar surface area (TPSA) is 24.9 Å². The molecule has 0 saturated carbocycles. The van der Waals surface area contributed by atoms with Crippen molar-refractivity contribution in [2.24, 2.45) is 0 Å². The Morgan fingerprint density at radius 3 is 3.00 bits per heavy atom. The maximum absolute atomic E-state index is 4.66. The summed E-state index contributed by atoms with van der Waals surface area (Å²) in [5.41, 5.74) is 1.24. The van der Waals surface area contributed by atoms with E-state index in [1.807, 2.05) is 11.8 Å². The molecule has 0 radical (unpaired) electrons. The van der Waals surface area contributed by atoms with Crippen LogP contribution >= 0.6 is 23.1 Å². The van der Waals surface area contributed by atoms with Gasteiger partial charge in [-0.1, -0.05) is 13.8 Å². The number of aromatic nitrogens is 1. The number of rotatable bonds is 8. The highest BCUT2D eigenvalue weighted by atomic mass is 32.2. The standard InChI is InChI=1S/C12H22N2S2/c1-4-6-15-9-12-14-11(8-16-12)7-10(3)13-5-2/h8,10,13H,4-7,9H2,1-3H3. The van der Waals surface area contributed by atoms with Crippen molar-refractivity contribution in [3.8, 4) is 0 Å². The summed E-state index contributed by atoms with van der Waals surface area (Å²) in [6.07, 6.45) is 2.29. The molecule has 0 aliphatic heterocycles. The van der Waals surface area contributed by atoms with Crippen LogP contribution in [-0.4, -0.2) is 23.3 Å². The number of hydrogen-bond acceptors (Lipinski definition) is 4. The van der Waals surface area contributed by atoms with Crippen LogP contribution in [0.25, 0.3) is 0 Å². The summed E-state index contributed by atoms with van der Waals surface area (Å²) in [5, 5.41) is 6.89. The maximum Gasteiger partial charge on any atom is 0.103 e. The zero-order chi connectivity index (χ0) is 11.8. The summed E-state index contributed by atoms with van der Waals surface area (Å²) in [6.45, 7) is 7.61. The van der Waals surface area contributed by atoms with Gasteiger partial charge in [-0.25, -0.2) is 4.98 Å². The first-order chi connectivity index (χ1) is 7.76. The lowest BCUT2D eigenvalue weighted by molar-refractivity contribution is 0.560. The molecule has 0 aliphatic rings. The Morgan fingerprint density at radius 2 is 2.31 bits per heavy atom. The molecule has 2 nitrogen and oxygen atoms in total. The van der Waals surface area contributed by atoms with Crippen molar-refractivity contribution >= 4 is 23.1 Å². The van der Waals surface area contributed by atoms with E-state index in [2.05, 4.69) is 36.5 Å². The molecule has 16 heavy (non-hydrogen) atoms.